The van der Waals surface area contributed by atoms with Crippen molar-refractivity contribution in [2.45, 2.75) is 38.9 Å². The van der Waals surface area contributed by atoms with Crippen LogP contribution in [0.15, 0.2) is 29.7 Å². The third kappa shape index (κ3) is 3.56. The number of hydrogen-bond donors (Lipinski definition) is 0. The lowest BCUT2D eigenvalue weighted by Gasteiger charge is -2.12. The molecule has 0 aliphatic rings. The summed E-state index contributed by atoms with van der Waals surface area (Å²) in [4.78, 5) is 4.06. The summed E-state index contributed by atoms with van der Waals surface area (Å²) in [7, 11) is 0. The fraction of sp³-hybridized carbons (Fsp3) is 0.500. The van der Waals surface area contributed by atoms with E-state index in [1.807, 2.05) is 12.1 Å². The molecule has 0 aliphatic heterocycles. The second-order valence-electron chi connectivity index (χ2n) is 4.89. The van der Waals surface area contributed by atoms with Crippen LogP contribution in [0.2, 0.25) is 0 Å². The topological polar surface area (TPSA) is 43.6 Å². The third-order valence-electron chi connectivity index (χ3n) is 2.64. The molecule has 0 radical (unpaired) electrons. The first-order valence-corrected chi connectivity index (χ1v) is 7.67. The van der Waals surface area contributed by atoms with E-state index in [9.17, 15) is 0 Å². The van der Waals surface area contributed by atoms with Gasteiger partial charge >= 0.3 is 0 Å². The maximum atomic E-state index is 4.36. The molecule has 19 heavy (non-hydrogen) atoms. The predicted molar refractivity (Wildman–Crippen MR) is 79.1 cm³/mol. The predicted octanol–water partition coefficient (Wildman–Crippen LogP) is 3.50. The van der Waals surface area contributed by atoms with Crippen LogP contribution in [0.25, 0.3) is 11.4 Å². The SMILES string of the molecule is CCCSc1nnc(-c2ccncc2)n1CC(C)C. The fourth-order valence-corrected chi connectivity index (χ4v) is 2.64. The highest BCUT2D eigenvalue weighted by Crippen LogP contribution is 2.25. The average molecular weight is 276 g/mol. The Kier molecular flexibility index (Phi) is 4.96. The van der Waals surface area contributed by atoms with Crippen molar-refractivity contribution in [1.82, 2.24) is 19.7 Å². The van der Waals surface area contributed by atoms with Gasteiger partial charge in [0.2, 0.25) is 0 Å². The summed E-state index contributed by atoms with van der Waals surface area (Å²) in [6.07, 6.45) is 4.73. The van der Waals surface area contributed by atoms with Crippen LogP contribution >= 0.6 is 11.8 Å². The molecule has 0 saturated carbocycles. The molecule has 2 aromatic heterocycles. The van der Waals surface area contributed by atoms with E-state index in [1.165, 1.54) is 0 Å². The Labute approximate surface area is 118 Å². The van der Waals surface area contributed by atoms with Gasteiger partial charge in [-0.3, -0.25) is 4.98 Å². The standard InChI is InChI=1S/C14H20N4S/c1-4-9-19-14-17-16-13(18(14)10-11(2)3)12-5-7-15-8-6-12/h5-8,11H,4,9-10H2,1-3H3. The van der Waals surface area contributed by atoms with Gasteiger partial charge in [0.1, 0.15) is 0 Å². The van der Waals surface area contributed by atoms with Crippen molar-refractivity contribution < 1.29 is 0 Å². The third-order valence-corrected chi connectivity index (χ3v) is 3.81. The molecular formula is C14H20N4S. The highest BCUT2D eigenvalue weighted by molar-refractivity contribution is 7.99. The Morgan fingerprint density at radius 1 is 1.21 bits per heavy atom. The number of rotatable bonds is 6. The van der Waals surface area contributed by atoms with Crippen LogP contribution < -0.4 is 0 Å². The van der Waals surface area contributed by atoms with Gasteiger partial charge in [-0.1, -0.05) is 32.5 Å². The van der Waals surface area contributed by atoms with E-state index in [-0.39, 0.29) is 0 Å². The summed E-state index contributed by atoms with van der Waals surface area (Å²) < 4.78 is 2.22. The second kappa shape index (κ2) is 6.70. The maximum Gasteiger partial charge on any atom is 0.191 e. The molecule has 0 N–H and O–H groups in total. The van der Waals surface area contributed by atoms with Crippen LogP contribution in [0, 0.1) is 5.92 Å². The summed E-state index contributed by atoms with van der Waals surface area (Å²) in [5.74, 6) is 2.58. The quantitative estimate of drug-likeness (QED) is 0.757. The number of thioether (sulfide) groups is 1. The smallest absolute Gasteiger partial charge is 0.191 e. The zero-order valence-corrected chi connectivity index (χ0v) is 12.5. The number of nitrogens with zero attached hydrogens (tertiary/aromatic N) is 4. The Morgan fingerprint density at radius 3 is 2.58 bits per heavy atom. The van der Waals surface area contributed by atoms with Gasteiger partial charge in [0.15, 0.2) is 11.0 Å². The van der Waals surface area contributed by atoms with Gasteiger partial charge in [-0.2, -0.15) is 0 Å². The zero-order valence-electron chi connectivity index (χ0n) is 11.7. The number of aromatic nitrogens is 4. The molecule has 4 nitrogen and oxygen atoms in total. The van der Waals surface area contributed by atoms with E-state index in [2.05, 4.69) is 40.5 Å². The molecule has 0 bridgehead atoms. The maximum absolute atomic E-state index is 4.36. The molecule has 0 aromatic carbocycles. The monoisotopic (exact) mass is 276 g/mol. The molecule has 102 valence electrons. The van der Waals surface area contributed by atoms with Crippen molar-refractivity contribution in [3.05, 3.63) is 24.5 Å². The van der Waals surface area contributed by atoms with E-state index >= 15 is 0 Å². The molecule has 0 fully saturated rings. The van der Waals surface area contributed by atoms with Crippen LogP contribution in [-0.2, 0) is 6.54 Å². The van der Waals surface area contributed by atoms with Crippen molar-refractivity contribution >= 4 is 11.8 Å². The summed E-state index contributed by atoms with van der Waals surface area (Å²) in [5.41, 5.74) is 1.08. The van der Waals surface area contributed by atoms with E-state index in [4.69, 9.17) is 0 Å². The fourth-order valence-electron chi connectivity index (χ4n) is 1.83. The highest BCUT2D eigenvalue weighted by atomic mass is 32.2. The van der Waals surface area contributed by atoms with Gasteiger partial charge in [-0.25, -0.2) is 0 Å². The largest absolute Gasteiger partial charge is 0.302 e. The van der Waals surface area contributed by atoms with Crippen molar-refractivity contribution in [3.8, 4) is 11.4 Å². The lowest BCUT2D eigenvalue weighted by Crippen LogP contribution is -2.08. The summed E-state index contributed by atoms with van der Waals surface area (Å²) in [6.45, 7) is 7.55. The first-order valence-electron chi connectivity index (χ1n) is 6.68. The van der Waals surface area contributed by atoms with Gasteiger partial charge in [0.25, 0.3) is 0 Å². The zero-order chi connectivity index (χ0) is 13.7. The first kappa shape index (κ1) is 14.1. The lowest BCUT2D eigenvalue weighted by molar-refractivity contribution is 0.498. The van der Waals surface area contributed by atoms with E-state index in [0.717, 1.165) is 35.3 Å². The minimum atomic E-state index is 0.567. The molecular weight excluding hydrogens is 256 g/mol. The molecule has 2 aromatic rings. The molecule has 0 unspecified atom stereocenters. The van der Waals surface area contributed by atoms with Gasteiger partial charge < -0.3 is 4.57 Å². The molecule has 0 aliphatic carbocycles. The Bertz CT molecular complexity index is 507. The minimum Gasteiger partial charge on any atom is -0.302 e. The molecule has 0 amide bonds. The van der Waals surface area contributed by atoms with Crippen molar-refractivity contribution in [3.63, 3.8) is 0 Å². The highest BCUT2D eigenvalue weighted by Gasteiger charge is 2.14. The van der Waals surface area contributed by atoms with Crippen LogP contribution in [0.3, 0.4) is 0 Å². The van der Waals surface area contributed by atoms with Crippen LogP contribution in [-0.4, -0.2) is 25.5 Å². The van der Waals surface area contributed by atoms with Crippen LogP contribution in [0.5, 0.6) is 0 Å². The summed E-state index contributed by atoms with van der Waals surface area (Å²) >= 11 is 1.78. The van der Waals surface area contributed by atoms with Gasteiger partial charge in [-0.05, 0) is 24.5 Å². The van der Waals surface area contributed by atoms with Crippen molar-refractivity contribution in [2.24, 2.45) is 5.92 Å². The number of hydrogen-bond acceptors (Lipinski definition) is 4. The van der Waals surface area contributed by atoms with Gasteiger partial charge in [0.05, 0.1) is 0 Å². The van der Waals surface area contributed by atoms with Gasteiger partial charge in [-0.15, -0.1) is 10.2 Å². The first-order chi connectivity index (χ1) is 9.22. The molecule has 2 heterocycles. The van der Waals surface area contributed by atoms with Crippen molar-refractivity contribution in [2.75, 3.05) is 5.75 Å². The van der Waals surface area contributed by atoms with Crippen LogP contribution in [0.4, 0.5) is 0 Å². The van der Waals surface area contributed by atoms with Crippen molar-refractivity contribution in [1.29, 1.82) is 0 Å². The molecule has 0 saturated heterocycles. The Morgan fingerprint density at radius 2 is 1.95 bits per heavy atom. The molecule has 0 spiro atoms. The van der Waals surface area contributed by atoms with Gasteiger partial charge in [0, 0.05) is 30.3 Å². The van der Waals surface area contributed by atoms with E-state index < -0.39 is 0 Å². The van der Waals surface area contributed by atoms with Crippen LogP contribution in [0.1, 0.15) is 27.2 Å². The molecule has 2 rings (SSSR count). The Balaban J connectivity index is 2.35. The number of pyridine rings is 1. The lowest BCUT2D eigenvalue weighted by atomic mass is 10.2. The van der Waals surface area contributed by atoms with E-state index in [1.54, 1.807) is 24.2 Å². The second-order valence-corrected chi connectivity index (χ2v) is 5.96. The summed E-state index contributed by atoms with van der Waals surface area (Å²) in [5, 5.41) is 9.71. The van der Waals surface area contributed by atoms with E-state index in [0.29, 0.717) is 5.92 Å². The molecule has 0 atom stereocenters. The normalized spacial score (nSPS) is 11.2. The Hall–Kier alpha value is -1.36. The summed E-state index contributed by atoms with van der Waals surface area (Å²) in [6, 6.07) is 3.96. The average Bonchev–Trinajstić information content (AvgIpc) is 2.79. The minimum absolute atomic E-state index is 0.567. The molecule has 5 heteroatoms.